The second-order valence-corrected chi connectivity index (χ2v) is 6.98. The Balaban J connectivity index is 0.00000338. The van der Waals surface area contributed by atoms with E-state index in [0.29, 0.717) is 18.9 Å². The molecular weight excluding hydrogens is 466 g/mol. The Bertz CT molecular complexity index is 706. The standard InChI is InChI=1S/C18H25FN4OS.HI/c1-13-17(25-14(2)22-13)9-10-21-18(20-3)23(4)11-12-24-16-7-5-15(19)6-8-16;/h5-8H,9-12H2,1-4H3,(H,20,21);1H. The van der Waals surface area contributed by atoms with Crippen LogP contribution in [0.4, 0.5) is 4.39 Å². The van der Waals surface area contributed by atoms with E-state index in [0.717, 1.165) is 29.6 Å². The van der Waals surface area contributed by atoms with Crippen LogP contribution in [-0.2, 0) is 6.42 Å². The zero-order chi connectivity index (χ0) is 18.2. The third-order valence-electron chi connectivity index (χ3n) is 3.72. The lowest BCUT2D eigenvalue weighted by Gasteiger charge is -2.22. The Morgan fingerprint density at radius 2 is 2.00 bits per heavy atom. The molecule has 0 radical (unpaired) electrons. The molecule has 0 bridgehead atoms. The average molecular weight is 492 g/mol. The molecule has 144 valence electrons. The summed E-state index contributed by atoms with van der Waals surface area (Å²) in [4.78, 5) is 12.1. The van der Waals surface area contributed by atoms with Gasteiger partial charge in [0.05, 0.1) is 17.2 Å². The number of guanidine groups is 1. The Morgan fingerprint density at radius 1 is 1.31 bits per heavy atom. The van der Waals surface area contributed by atoms with Crippen LogP contribution in [0.1, 0.15) is 15.6 Å². The van der Waals surface area contributed by atoms with Gasteiger partial charge in [-0.15, -0.1) is 35.3 Å². The summed E-state index contributed by atoms with van der Waals surface area (Å²) in [6.45, 7) is 6.05. The number of ether oxygens (including phenoxy) is 1. The average Bonchev–Trinajstić information content (AvgIpc) is 2.91. The summed E-state index contributed by atoms with van der Waals surface area (Å²) in [5.74, 6) is 1.22. The van der Waals surface area contributed by atoms with Crippen molar-refractivity contribution in [3.05, 3.63) is 45.7 Å². The van der Waals surface area contributed by atoms with Crippen molar-refractivity contribution >= 4 is 41.3 Å². The molecule has 0 unspecified atom stereocenters. The summed E-state index contributed by atoms with van der Waals surface area (Å²) in [6, 6.07) is 6.04. The lowest BCUT2D eigenvalue weighted by molar-refractivity contribution is 0.281. The molecule has 0 aliphatic rings. The van der Waals surface area contributed by atoms with Gasteiger partial charge in [0.2, 0.25) is 0 Å². The quantitative estimate of drug-likeness (QED) is 0.364. The molecule has 0 saturated carbocycles. The first kappa shape index (κ1) is 22.6. The maximum Gasteiger partial charge on any atom is 0.193 e. The molecule has 1 N–H and O–H groups in total. The molecule has 2 rings (SSSR count). The number of likely N-dealkylation sites (N-methyl/N-ethyl adjacent to an activating group) is 1. The summed E-state index contributed by atoms with van der Waals surface area (Å²) in [7, 11) is 3.73. The van der Waals surface area contributed by atoms with Crippen LogP contribution >= 0.6 is 35.3 Å². The molecular formula is C18H26FIN4OS. The van der Waals surface area contributed by atoms with Gasteiger partial charge in [0.1, 0.15) is 18.2 Å². The van der Waals surface area contributed by atoms with Crippen molar-refractivity contribution < 1.29 is 9.13 Å². The van der Waals surface area contributed by atoms with Crippen molar-refractivity contribution in [1.82, 2.24) is 15.2 Å². The van der Waals surface area contributed by atoms with Gasteiger partial charge in [0, 0.05) is 31.9 Å². The molecule has 0 fully saturated rings. The minimum Gasteiger partial charge on any atom is -0.492 e. The van der Waals surface area contributed by atoms with Gasteiger partial charge in [-0.2, -0.15) is 0 Å². The van der Waals surface area contributed by atoms with E-state index in [2.05, 4.69) is 15.3 Å². The third kappa shape index (κ3) is 7.06. The fraction of sp³-hybridized carbons (Fsp3) is 0.444. The van der Waals surface area contributed by atoms with Gasteiger partial charge in [0.25, 0.3) is 0 Å². The number of hydrogen-bond acceptors (Lipinski definition) is 4. The normalized spacial score (nSPS) is 11.0. The maximum atomic E-state index is 12.9. The SMILES string of the molecule is CN=C(NCCc1sc(C)nc1C)N(C)CCOc1ccc(F)cc1.I. The number of benzene rings is 1. The van der Waals surface area contributed by atoms with Crippen LogP contribution in [0.5, 0.6) is 5.75 Å². The van der Waals surface area contributed by atoms with Gasteiger partial charge >= 0.3 is 0 Å². The number of nitrogens with one attached hydrogen (secondary N) is 1. The van der Waals surface area contributed by atoms with E-state index in [1.54, 1.807) is 30.5 Å². The zero-order valence-corrected chi connectivity index (χ0v) is 18.7. The highest BCUT2D eigenvalue weighted by Crippen LogP contribution is 2.17. The molecule has 0 spiro atoms. The highest BCUT2D eigenvalue weighted by atomic mass is 127. The summed E-state index contributed by atoms with van der Waals surface area (Å²) in [5, 5.41) is 4.46. The molecule has 2 aromatic rings. The molecule has 0 aliphatic carbocycles. The largest absolute Gasteiger partial charge is 0.492 e. The van der Waals surface area contributed by atoms with Gasteiger partial charge in [0.15, 0.2) is 5.96 Å². The second kappa shape index (κ2) is 11.3. The Morgan fingerprint density at radius 3 is 2.58 bits per heavy atom. The van der Waals surface area contributed by atoms with Crippen LogP contribution < -0.4 is 10.1 Å². The Kier molecular flexibility index (Phi) is 9.85. The number of rotatable bonds is 7. The summed E-state index contributed by atoms with van der Waals surface area (Å²) in [6.07, 6.45) is 0.927. The number of nitrogens with zero attached hydrogens (tertiary/aromatic N) is 3. The Hall–Kier alpha value is -1.42. The van der Waals surface area contributed by atoms with E-state index < -0.39 is 0 Å². The fourth-order valence-corrected chi connectivity index (χ4v) is 3.35. The van der Waals surface area contributed by atoms with E-state index in [-0.39, 0.29) is 29.8 Å². The van der Waals surface area contributed by atoms with Crippen LogP contribution in [0.15, 0.2) is 29.3 Å². The van der Waals surface area contributed by atoms with Gasteiger partial charge in [-0.1, -0.05) is 0 Å². The number of thiazole rings is 1. The molecule has 0 aliphatic heterocycles. The first-order valence-electron chi connectivity index (χ1n) is 8.22. The van der Waals surface area contributed by atoms with Crippen LogP contribution in [0.3, 0.4) is 0 Å². The van der Waals surface area contributed by atoms with Crippen molar-refractivity contribution in [2.75, 3.05) is 33.8 Å². The first-order valence-corrected chi connectivity index (χ1v) is 9.04. The van der Waals surface area contributed by atoms with Crippen molar-refractivity contribution in [3.8, 4) is 5.75 Å². The minimum absolute atomic E-state index is 0. The number of aryl methyl sites for hydroxylation is 2. The lowest BCUT2D eigenvalue weighted by atomic mass is 10.3. The van der Waals surface area contributed by atoms with Gasteiger partial charge in [-0.3, -0.25) is 4.99 Å². The van der Waals surface area contributed by atoms with Crippen molar-refractivity contribution in [2.45, 2.75) is 20.3 Å². The summed E-state index contributed by atoms with van der Waals surface area (Å²) in [5.41, 5.74) is 1.11. The molecule has 8 heteroatoms. The van der Waals surface area contributed by atoms with E-state index in [4.69, 9.17) is 4.74 Å². The third-order valence-corrected chi connectivity index (χ3v) is 4.85. The first-order chi connectivity index (χ1) is 12.0. The van der Waals surface area contributed by atoms with E-state index >= 15 is 0 Å². The molecule has 1 heterocycles. The highest BCUT2D eigenvalue weighted by Gasteiger charge is 2.08. The molecule has 0 amide bonds. The molecule has 0 atom stereocenters. The fourth-order valence-electron chi connectivity index (χ4n) is 2.42. The predicted octanol–water partition coefficient (Wildman–Crippen LogP) is 3.65. The van der Waals surface area contributed by atoms with Gasteiger partial charge in [-0.25, -0.2) is 9.37 Å². The van der Waals surface area contributed by atoms with E-state index in [1.165, 1.54) is 17.0 Å². The number of aliphatic imine (C=N–C) groups is 1. The number of aromatic nitrogens is 1. The monoisotopic (exact) mass is 492 g/mol. The van der Waals surface area contributed by atoms with Crippen LogP contribution in [0, 0.1) is 19.7 Å². The Labute approximate surface area is 175 Å². The highest BCUT2D eigenvalue weighted by molar-refractivity contribution is 14.0. The van der Waals surface area contributed by atoms with Gasteiger partial charge in [-0.05, 0) is 38.1 Å². The van der Waals surface area contributed by atoms with E-state index in [9.17, 15) is 4.39 Å². The molecule has 5 nitrogen and oxygen atoms in total. The smallest absolute Gasteiger partial charge is 0.193 e. The topological polar surface area (TPSA) is 49.8 Å². The van der Waals surface area contributed by atoms with Crippen LogP contribution in [-0.4, -0.2) is 49.6 Å². The van der Waals surface area contributed by atoms with Crippen LogP contribution in [0.2, 0.25) is 0 Å². The zero-order valence-electron chi connectivity index (χ0n) is 15.6. The van der Waals surface area contributed by atoms with E-state index in [1.807, 2.05) is 25.8 Å². The summed E-state index contributed by atoms with van der Waals surface area (Å²) >= 11 is 1.74. The lowest BCUT2D eigenvalue weighted by Crippen LogP contribution is -2.41. The van der Waals surface area contributed by atoms with Crippen molar-refractivity contribution in [3.63, 3.8) is 0 Å². The van der Waals surface area contributed by atoms with Crippen LogP contribution in [0.25, 0.3) is 0 Å². The summed E-state index contributed by atoms with van der Waals surface area (Å²) < 4.78 is 18.5. The molecule has 1 aromatic heterocycles. The minimum atomic E-state index is -0.263. The van der Waals surface area contributed by atoms with Crippen molar-refractivity contribution in [1.29, 1.82) is 0 Å². The van der Waals surface area contributed by atoms with Gasteiger partial charge < -0.3 is 15.0 Å². The molecule has 0 saturated heterocycles. The predicted molar refractivity (Wildman–Crippen MR) is 117 cm³/mol. The number of hydrogen-bond donors (Lipinski definition) is 1. The van der Waals surface area contributed by atoms with Crippen molar-refractivity contribution in [2.24, 2.45) is 4.99 Å². The molecule has 26 heavy (non-hydrogen) atoms. The second-order valence-electron chi connectivity index (χ2n) is 5.69. The maximum absolute atomic E-state index is 12.9. The number of halogens is 2. The molecule has 1 aromatic carbocycles.